The fourth-order valence-electron chi connectivity index (χ4n) is 1.08. The van der Waals surface area contributed by atoms with E-state index in [4.69, 9.17) is 5.14 Å². The number of hydrogen-bond donors (Lipinski definition) is 1. The SMILES string of the molecule is CN(C)c1cc(F)ccc1S(N)(=O)=O. The summed E-state index contributed by atoms with van der Waals surface area (Å²) in [5, 5.41) is 4.97. The van der Waals surface area contributed by atoms with Crippen LogP contribution in [0.15, 0.2) is 23.1 Å². The first-order valence-corrected chi connectivity index (χ1v) is 5.36. The van der Waals surface area contributed by atoms with E-state index >= 15 is 0 Å². The molecular formula is C8H11FN2O2S. The van der Waals surface area contributed by atoms with Crippen molar-refractivity contribution < 1.29 is 12.8 Å². The number of halogens is 1. The minimum atomic E-state index is -3.80. The molecule has 0 aliphatic rings. The lowest BCUT2D eigenvalue weighted by atomic mass is 10.3. The van der Waals surface area contributed by atoms with Gasteiger partial charge in [0.1, 0.15) is 10.7 Å². The van der Waals surface area contributed by atoms with E-state index in [1.807, 2.05) is 0 Å². The molecule has 0 atom stereocenters. The Balaban J connectivity index is 3.45. The van der Waals surface area contributed by atoms with Crippen molar-refractivity contribution in [2.45, 2.75) is 4.90 Å². The predicted molar refractivity (Wildman–Crippen MR) is 52.1 cm³/mol. The standard InChI is InChI=1S/C8H11FN2O2S/c1-11(2)7-5-6(9)3-4-8(7)14(10,12)13/h3-5H,1-2H3,(H2,10,12,13). The smallest absolute Gasteiger partial charge is 0.240 e. The summed E-state index contributed by atoms with van der Waals surface area (Å²) < 4.78 is 35.0. The maximum Gasteiger partial charge on any atom is 0.240 e. The number of hydrogen-bond acceptors (Lipinski definition) is 3. The maximum atomic E-state index is 12.8. The number of nitrogens with zero attached hydrogens (tertiary/aromatic N) is 1. The molecule has 0 saturated heterocycles. The quantitative estimate of drug-likeness (QED) is 0.788. The molecule has 0 unspecified atom stereocenters. The second-order valence-electron chi connectivity index (χ2n) is 3.05. The molecule has 78 valence electrons. The topological polar surface area (TPSA) is 63.4 Å². The van der Waals surface area contributed by atoms with E-state index in [0.29, 0.717) is 0 Å². The first-order valence-electron chi connectivity index (χ1n) is 3.82. The number of rotatable bonds is 2. The van der Waals surface area contributed by atoms with E-state index in [0.717, 1.165) is 18.2 Å². The van der Waals surface area contributed by atoms with Gasteiger partial charge in [0.05, 0.1) is 5.69 Å². The van der Waals surface area contributed by atoms with Crippen LogP contribution >= 0.6 is 0 Å². The Bertz CT molecular complexity index is 443. The number of sulfonamides is 1. The molecule has 0 spiro atoms. The third kappa shape index (κ3) is 2.21. The molecule has 0 radical (unpaired) electrons. The molecule has 1 aromatic rings. The van der Waals surface area contributed by atoms with Crippen molar-refractivity contribution in [3.05, 3.63) is 24.0 Å². The van der Waals surface area contributed by atoms with Gasteiger partial charge in [-0.05, 0) is 18.2 Å². The van der Waals surface area contributed by atoms with Gasteiger partial charge in [0.15, 0.2) is 0 Å². The minimum absolute atomic E-state index is 0.0797. The van der Waals surface area contributed by atoms with Gasteiger partial charge in [-0.1, -0.05) is 0 Å². The summed E-state index contributed by atoms with van der Waals surface area (Å²) in [6.45, 7) is 0. The lowest BCUT2D eigenvalue weighted by Gasteiger charge is -2.15. The molecule has 0 aromatic heterocycles. The van der Waals surface area contributed by atoms with Gasteiger partial charge in [0, 0.05) is 14.1 Å². The summed E-state index contributed by atoms with van der Waals surface area (Å²) in [5.41, 5.74) is 0.243. The zero-order valence-corrected chi connectivity index (χ0v) is 8.68. The van der Waals surface area contributed by atoms with E-state index in [1.54, 1.807) is 14.1 Å². The van der Waals surface area contributed by atoms with E-state index in [1.165, 1.54) is 4.90 Å². The predicted octanol–water partition coefficient (Wildman–Crippen LogP) is 0.539. The van der Waals surface area contributed by atoms with E-state index in [2.05, 4.69) is 0 Å². The summed E-state index contributed by atoms with van der Waals surface area (Å²) in [6.07, 6.45) is 0. The third-order valence-electron chi connectivity index (χ3n) is 1.71. The van der Waals surface area contributed by atoms with Crippen LogP contribution in [0, 0.1) is 5.82 Å². The van der Waals surface area contributed by atoms with Crippen molar-refractivity contribution in [1.29, 1.82) is 0 Å². The van der Waals surface area contributed by atoms with Gasteiger partial charge in [-0.25, -0.2) is 17.9 Å². The summed E-state index contributed by atoms with van der Waals surface area (Å²) >= 11 is 0. The highest BCUT2D eigenvalue weighted by Crippen LogP contribution is 2.23. The van der Waals surface area contributed by atoms with E-state index in [-0.39, 0.29) is 10.6 Å². The monoisotopic (exact) mass is 218 g/mol. The Kier molecular flexibility index (Phi) is 2.77. The molecule has 2 N–H and O–H groups in total. The highest BCUT2D eigenvalue weighted by Gasteiger charge is 2.15. The van der Waals surface area contributed by atoms with Crippen LogP contribution in [0.4, 0.5) is 10.1 Å². The van der Waals surface area contributed by atoms with E-state index in [9.17, 15) is 12.8 Å². The Labute approximate surface area is 82.2 Å². The van der Waals surface area contributed by atoms with Crippen LogP contribution in [0.2, 0.25) is 0 Å². The zero-order valence-electron chi connectivity index (χ0n) is 7.86. The van der Waals surface area contributed by atoms with Crippen molar-refractivity contribution in [1.82, 2.24) is 0 Å². The fraction of sp³-hybridized carbons (Fsp3) is 0.250. The molecular weight excluding hydrogens is 207 g/mol. The first kappa shape index (κ1) is 10.9. The van der Waals surface area contributed by atoms with Gasteiger partial charge in [-0.3, -0.25) is 0 Å². The molecule has 0 aliphatic carbocycles. The summed E-state index contributed by atoms with van der Waals surface area (Å²) in [6, 6.07) is 3.34. The average Bonchev–Trinajstić information content (AvgIpc) is 2.01. The normalized spacial score (nSPS) is 11.4. The molecule has 1 rings (SSSR count). The van der Waals surface area contributed by atoms with Gasteiger partial charge in [-0.2, -0.15) is 0 Å². The lowest BCUT2D eigenvalue weighted by Crippen LogP contribution is -2.18. The van der Waals surface area contributed by atoms with Crippen LogP contribution in [0.3, 0.4) is 0 Å². The number of nitrogens with two attached hydrogens (primary N) is 1. The lowest BCUT2D eigenvalue weighted by molar-refractivity contribution is 0.596. The number of anilines is 1. The van der Waals surface area contributed by atoms with Gasteiger partial charge < -0.3 is 4.90 Å². The number of benzene rings is 1. The van der Waals surface area contributed by atoms with Gasteiger partial charge in [0.25, 0.3) is 0 Å². The maximum absolute atomic E-state index is 12.8. The second kappa shape index (κ2) is 3.55. The van der Waals surface area contributed by atoms with Crippen LogP contribution in [0.25, 0.3) is 0 Å². The third-order valence-corrected chi connectivity index (χ3v) is 2.67. The Morgan fingerprint density at radius 1 is 1.36 bits per heavy atom. The van der Waals surface area contributed by atoms with Crippen LogP contribution in [-0.2, 0) is 10.0 Å². The fourth-order valence-corrected chi connectivity index (χ4v) is 1.87. The van der Waals surface area contributed by atoms with Crippen molar-refractivity contribution in [3.63, 3.8) is 0 Å². The van der Waals surface area contributed by atoms with Crippen molar-refractivity contribution in [3.8, 4) is 0 Å². The van der Waals surface area contributed by atoms with Gasteiger partial charge in [0.2, 0.25) is 10.0 Å². The molecule has 0 bridgehead atoms. The number of primary sulfonamides is 1. The highest BCUT2D eigenvalue weighted by molar-refractivity contribution is 7.89. The molecule has 0 amide bonds. The minimum Gasteiger partial charge on any atom is -0.376 e. The van der Waals surface area contributed by atoms with Gasteiger partial charge >= 0.3 is 0 Å². The molecule has 0 saturated carbocycles. The second-order valence-corrected chi connectivity index (χ2v) is 4.58. The Morgan fingerprint density at radius 2 is 1.93 bits per heavy atom. The summed E-state index contributed by atoms with van der Waals surface area (Å²) in [4.78, 5) is 1.41. The largest absolute Gasteiger partial charge is 0.376 e. The molecule has 0 heterocycles. The zero-order chi connectivity index (χ0) is 10.9. The molecule has 1 aromatic carbocycles. The van der Waals surface area contributed by atoms with Crippen LogP contribution < -0.4 is 10.0 Å². The van der Waals surface area contributed by atoms with Crippen LogP contribution in [-0.4, -0.2) is 22.5 Å². The van der Waals surface area contributed by atoms with E-state index < -0.39 is 15.8 Å². The molecule has 4 nitrogen and oxygen atoms in total. The molecule has 0 fully saturated rings. The van der Waals surface area contributed by atoms with Crippen molar-refractivity contribution >= 4 is 15.7 Å². The van der Waals surface area contributed by atoms with Crippen LogP contribution in [0.5, 0.6) is 0 Å². The van der Waals surface area contributed by atoms with Crippen molar-refractivity contribution in [2.24, 2.45) is 5.14 Å². The molecule has 0 aliphatic heterocycles. The van der Waals surface area contributed by atoms with Crippen LogP contribution in [0.1, 0.15) is 0 Å². The van der Waals surface area contributed by atoms with Crippen molar-refractivity contribution in [2.75, 3.05) is 19.0 Å². The molecule has 14 heavy (non-hydrogen) atoms. The Morgan fingerprint density at radius 3 is 2.36 bits per heavy atom. The molecule has 6 heteroatoms. The summed E-state index contributed by atoms with van der Waals surface area (Å²) in [7, 11) is -0.575. The summed E-state index contributed by atoms with van der Waals surface area (Å²) in [5.74, 6) is -0.499. The van der Waals surface area contributed by atoms with Gasteiger partial charge in [-0.15, -0.1) is 0 Å². The first-order chi connectivity index (χ1) is 6.32. The average molecular weight is 218 g/mol. The Hall–Kier alpha value is -1.14. The highest BCUT2D eigenvalue weighted by atomic mass is 32.2.